The number of phenolic OH excluding ortho intramolecular Hbond substituents is 3. The minimum Gasteiger partial charge on any atom is -0.508 e. The quantitative estimate of drug-likeness (QED) is 0.0574. The van der Waals surface area contributed by atoms with Gasteiger partial charge >= 0.3 is 52.9 Å². The molecule has 0 amide bonds. The van der Waals surface area contributed by atoms with Crippen molar-refractivity contribution in [1.29, 1.82) is 0 Å². The molecule has 4 rings (SSSR count). The number of aliphatic hydroxyl groups is 3. The molecule has 3 aromatic carbocycles. The highest BCUT2D eigenvalue weighted by molar-refractivity contribution is 5.89. The second-order valence-electron chi connectivity index (χ2n) is 13.2. The molecule has 392 valence electrons. The first-order chi connectivity index (χ1) is 32.1. The van der Waals surface area contributed by atoms with Crippen molar-refractivity contribution < 1.29 is 113 Å². The van der Waals surface area contributed by atoms with Gasteiger partial charge in [0, 0.05) is 77.9 Å². The van der Waals surface area contributed by atoms with Crippen molar-refractivity contribution in [3.05, 3.63) is 76.9 Å². The summed E-state index contributed by atoms with van der Waals surface area (Å²) in [7, 11) is 0. The molecule has 1 aliphatic rings. The minimum absolute atomic E-state index is 0. The number of nitrogens with two attached hydrogens (primary N) is 3. The molecule has 0 saturated heterocycles. The van der Waals surface area contributed by atoms with Crippen LogP contribution < -0.4 is 45.6 Å². The summed E-state index contributed by atoms with van der Waals surface area (Å²) >= 11 is 0. The number of carbonyl (C=O) groups is 6. The number of hydrogen-bond acceptors (Lipinski definition) is 29. The number of phenols is 3. The van der Waals surface area contributed by atoms with Gasteiger partial charge in [-0.15, -0.1) is 10.1 Å². The van der Waals surface area contributed by atoms with E-state index in [0.29, 0.717) is 0 Å². The number of rotatable bonds is 9. The van der Waals surface area contributed by atoms with Gasteiger partial charge in [-0.3, -0.25) is 59.1 Å². The van der Waals surface area contributed by atoms with Crippen LogP contribution in [0.25, 0.3) is 0 Å². The Labute approximate surface area is 396 Å². The minimum atomic E-state index is -1.55. The number of esters is 6. The molecular weight excluding hydrogens is 974 g/mol. The van der Waals surface area contributed by atoms with Gasteiger partial charge in [0.05, 0.1) is 51.2 Å². The fourth-order valence-corrected chi connectivity index (χ4v) is 5.04. The van der Waals surface area contributed by atoms with E-state index in [-0.39, 0.29) is 41.9 Å². The molecule has 1 saturated carbocycles. The highest BCUT2D eigenvalue weighted by atomic mass is 16.9. The number of benzene rings is 3. The van der Waals surface area contributed by atoms with E-state index in [2.05, 4.69) is 14.2 Å². The third kappa shape index (κ3) is 21.7. The number of nitro groups is 3. The van der Waals surface area contributed by atoms with E-state index in [1.165, 1.54) is 39.0 Å². The molecule has 0 aromatic heterocycles. The Bertz CT molecular complexity index is 2140. The first-order valence-corrected chi connectivity index (χ1v) is 18.4. The SMILES string of the molecule is C.CC(=O)Oc1c([N+](=O)[O-])c(OC(C)=O)c([N+](=O)[O-])c(OC(C)=O)c1[N+](=O)[O-].CC(=O)Oc1cc(OC(C)=O)cc(OC(C)=O)c1.NC1C(O)C(N)C(O)C(N)C1O.O=[N+]([O-])O.Oc1cc(O)cc(O)c1. The fraction of sp³-hybridized carbons (Fsp3) is 0.351. The Morgan fingerprint density at radius 3 is 0.746 bits per heavy atom. The van der Waals surface area contributed by atoms with Gasteiger partial charge in [-0.05, 0) is 0 Å². The number of nitro benzene ring substituents is 3. The maximum absolute atomic E-state index is 11.4. The zero-order chi connectivity index (χ0) is 54.7. The summed E-state index contributed by atoms with van der Waals surface area (Å²) in [4.78, 5) is 104. The molecule has 0 radical (unpaired) electrons. The predicted octanol–water partition coefficient (Wildman–Crippen LogP) is -0.194. The molecule has 0 aliphatic heterocycles. The van der Waals surface area contributed by atoms with Crippen LogP contribution in [-0.4, -0.2) is 128 Å². The first kappa shape index (κ1) is 64.1. The summed E-state index contributed by atoms with van der Waals surface area (Å²) in [6, 6.07) is 4.77. The standard InChI is InChI=1S/C12H9N3O12.C12H12O6.C6H15N3O3.C6H6O3.CH4.HNO3/c1-4(16)25-10-7(13(19)20)11(26-5(2)17)9(15(23)24)12(27-6(3)18)8(10)14(21)22;1-7(13)16-10-4-11(17-8(2)14)6-12(5-10)18-9(3)15;7-1-4(10)2(8)6(12)3(9)5(1)11;7-4-1-5(8)3-6(9)2-4;;2-1(3)4/h1-3H3;4-6H,1-3H3;1-6,10-12H,7-9H2;1-3,7-9H;1H4;(H,2,3,4). The van der Waals surface area contributed by atoms with Gasteiger partial charge in [-0.2, -0.15) is 0 Å². The van der Waals surface area contributed by atoms with E-state index < -0.39 is 126 Å². The topological polar surface area (TPSA) is 550 Å². The molecule has 0 atom stereocenters. The van der Waals surface area contributed by atoms with E-state index in [4.69, 9.17) is 62.1 Å². The van der Waals surface area contributed by atoms with Crippen molar-refractivity contribution >= 4 is 52.9 Å². The average molecular weight is 1020 g/mol. The fourth-order valence-electron chi connectivity index (χ4n) is 5.04. The Morgan fingerprint density at radius 1 is 0.437 bits per heavy atom. The molecule has 3 aromatic rings. The zero-order valence-electron chi connectivity index (χ0n) is 36.7. The van der Waals surface area contributed by atoms with Gasteiger partial charge in [0.25, 0.3) is 22.3 Å². The van der Waals surface area contributed by atoms with Crippen molar-refractivity contribution in [2.75, 3.05) is 0 Å². The summed E-state index contributed by atoms with van der Waals surface area (Å²) in [5.41, 5.74) is 11.5. The Kier molecular flexibility index (Phi) is 26.2. The van der Waals surface area contributed by atoms with E-state index >= 15 is 0 Å². The second-order valence-corrected chi connectivity index (χ2v) is 13.2. The normalized spacial score (nSPS) is 17.1. The van der Waals surface area contributed by atoms with Crippen LogP contribution >= 0.6 is 0 Å². The van der Waals surface area contributed by atoms with Crippen LogP contribution in [0, 0.1) is 40.5 Å². The van der Waals surface area contributed by atoms with Crippen LogP contribution in [0.3, 0.4) is 0 Å². The molecule has 13 N–H and O–H groups in total. The molecule has 34 nitrogen and oxygen atoms in total. The van der Waals surface area contributed by atoms with Crippen LogP contribution in [0.15, 0.2) is 36.4 Å². The van der Waals surface area contributed by atoms with Crippen LogP contribution in [0.5, 0.6) is 51.7 Å². The van der Waals surface area contributed by atoms with E-state index in [1.807, 2.05) is 0 Å². The van der Waals surface area contributed by atoms with Crippen molar-refractivity contribution in [3.63, 3.8) is 0 Å². The molecule has 1 fully saturated rings. The van der Waals surface area contributed by atoms with Crippen LogP contribution in [0.4, 0.5) is 17.1 Å². The number of nitrogens with zero attached hydrogens (tertiary/aromatic N) is 4. The first-order valence-electron chi connectivity index (χ1n) is 18.4. The number of ether oxygens (including phenoxy) is 6. The predicted molar refractivity (Wildman–Crippen MR) is 230 cm³/mol. The molecule has 0 bridgehead atoms. The average Bonchev–Trinajstić information content (AvgIpc) is 3.16. The van der Waals surface area contributed by atoms with E-state index in [9.17, 15) is 74.4 Å². The Morgan fingerprint density at radius 2 is 0.606 bits per heavy atom. The van der Waals surface area contributed by atoms with Crippen molar-refractivity contribution in [1.82, 2.24) is 0 Å². The van der Waals surface area contributed by atoms with Crippen LogP contribution in [-0.2, 0) is 28.8 Å². The third-order valence-corrected chi connectivity index (χ3v) is 7.47. The largest absolute Gasteiger partial charge is 0.508 e. The molecule has 34 heteroatoms. The number of hydrogen-bond donors (Lipinski definition) is 10. The lowest BCUT2D eigenvalue weighted by Gasteiger charge is -2.41. The maximum Gasteiger partial charge on any atom is 0.368 e. The second kappa shape index (κ2) is 29.0. The molecule has 0 spiro atoms. The van der Waals surface area contributed by atoms with E-state index in [0.717, 1.165) is 39.0 Å². The Hall–Kier alpha value is -8.96. The van der Waals surface area contributed by atoms with Gasteiger partial charge < -0.3 is 81.5 Å². The smallest absolute Gasteiger partial charge is 0.368 e. The molecule has 0 heterocycles. The lowest BCUT2D eigenvalue weighted by molar-refractivity contribution is -0.742. The number of aliphatic hydroxyl groups excluding tert-OH is 3. The molecule has 0 unspecified atom stereocenters. The van der Waals surface area contributed by atoms with Crippen molar-refractivity contribution in [2.24, 2.45) is 17.2 Å². The van der Waals surface area contributed by atoms with Gasteiger partial charge in [-0.1, -0.05) is 7.43 Å². The van der Waals surface area contributed by atoms with Gasteiger partial charge in [0.2, 0.25) is 0 Å². The highest BCUT2D eigenvalue weighted by Crippen LogP contribution is 2.56. The van der Waals surface area contributed by atoms with Crippen LogP contribution in [0.1, 0.15) is 49.0 Å². The molecule has 1 aliphatic carbocycles. The summed E-state index contributed by atoms with van der Waals surface area (Å²) in [5, 5.41) is 102. The van der Waals surface area contributed by atoms with Gasteiger partial charge in [-0.25, -0.2) is 0 Å². The van der Waals surface area contributed by atoms with Crippen molar-refractivity contribution in [2.45, 2.75) is 85.4 Å². The molecule has 71 heavy (non-hydrogen) atoms. The maximum atomic E-state index is 11.4. The Balaban J connectivity index is 0. The summed E-state index contributed by atoms with van der Waals surface area (Å²) in [6.07, 6.45) is -3.35. The lowest BCUT2D eigenvalue weighted by atomic mass is 9.81. The van der Waals surface area contributed by atoms with Crippen molar-refractivity contribution in [3.8, 4) is 51.7 Å². The number of carbonyl (C=O) groups excluding carboxylic acids is 6. The monoisotopic (exact) mass is 1020 g/mol. The summed E-state index contributed by atoms with van der Waals surface area (Å²) in [5.74, 6) is -9.74. The zero-order valence-corrected chi connectivity index (χ0v) is 36.7. The van der Waals surface area contributed by atoms with Crippen LogP contribution in [0.2, 0.25) is 0 Å². The van der Waals surface area contributed by atoms with Gasteiger partial charge in [0.1, 0.15) is 34.5 Å². The lowest BCUT2D eigenvalue weighted by Crippen LogP contribution is -2.71. The van der Waals surface area contributed by atoms with E-state index in [1.54, 1.807) is 0 Å². The summed E-state index contributed by atoms with van der Waals surface area (Å²) in [6.45, 7) is 5.86. The number of aromatic hydroxyl groups is 3. The highest BCUT2D eigenvalue weighted by Gasteiger charge is 2.48. The van der Waals surface area contributed by atoms with Gasteiger partial charge in [0.15, 0.2) is 0 Å². The third-order valence-electron chi connectivity index (χ3n) is 7.47. The molecular formula is C37H47N7O27. The summed E-state index contributed by atoms with van der Waals surface area (Å²) < 4.78 is 27.9.